The molecule has 0 radical (unpaired) electrons. The number of nitrogens with zero attached hydrogens (tertiary/aromatic N) is 1. The molecule has 16 heavy (non-hydrogen) atoms. The Kier molecular flexibility index (Phi) is 10.0. The Morgan fingerprint density at radius 2 is 1.62 bits per heavy atom. The van der Waals surface area contributed by atoms with Crippen LogP contribution in [0.3, 0.4) is 0 Å². The Morgan fingerprint density at radius 1 is 1.00 bits per heavy atom. The molecular weight excluding hydrogens is 196 g/mol. The van der Waals surface area contributed by atoms with E-state index < -0.39 is 0 Å². The highest BCUT2D eigenvalue weighted by Gasteiger charge is 2.15. The second-order valence-corrected chi connectivity index (χ2v) is 5.11. The number of rotatable bonds is 10. The minimum absolute atomic E-state index is 0.769. The zero-order valence-corrected chi connectivity index (χ0v) is 12.1. The van der Waals surface area contributed by atoms with E-state index in [9.17, 15) is 0 Å². The van der Waals surface area contributed by atoms with Gasteiger partial charge >= 0.3 is 0 Å². The highest BCUT2D eigenvalue weighted by molar-refractivity contribution is 4.71. The van der Waals surface area contributed by atoms with E-state index in [0.717, 1.165) is 25.0 Å². The van der Waals surface area contributed by atoms with E-state index in [2.05, 4.69) is 44.8 Å². The molecule has 0 spiro atoms. The summed E-state index contributed by atoms with van der Waals surface area (Å²) in [5.74, 6) is 0.770. The van der Waals surface area contributed by atoms with E-state index in [1.807, 2.05) is 0 Å². The molecule has 0 aliphatic rings. The second kappa shape index (κ2) is 10.1. The molecule has 1 N–H and O–H groups in total. The van der Waals surface area contributed by atoms with Crippen LogP contribution in [0.25, 0.3) is 0 Å². The van der Waals surface area contributed by atoms with Gasteiger partial charge in [-0.15, -0.1) is 0 Å². The zero-order chi connectivity index (χ0) is 12.4. The van der Waals surface area contributed by atoms with Crippen LogP contribution < -0.4 is 5.32 Å². The lowest BCUT2D eigenvalue weighted by atomic mass is 10.1. The Balaban J connectivity index is 3.98. The molecule has 0 atom stereocenters. The van der Waals surface area contributed by atoms with Crippen molar-refractivity contribution in [2.45, 2.75) is 59.9 Å². The summed E-state index contributed by atoms with van der Waals surface area (Å²) >= 11 is 0. The first-order valence-corrected chi connectivity index (χ1v) is 7.10. The third kappa shape index (κ3) is 7.24. The van der Waals surface area contributed by atoms with Crippen LogP contribution in [0.15, 0.2) is 0 Å². The van der Waals surface area contributed by atoms with Crippen molar-refractivity contribution in [3.63, 3.8) is 0 Å². The van der Waals surface area contributed by atoms with Crippen molar-refractivity contribution in [3.05, 3.63) is 0 Å². The smallest absolute Gasteiger partial charge is 0.0110 e. The number of nitrogens with one attached hydrogen (secondary N) is 1. The summed E-state index contributed by atoms with van der Waals surface area (Å²) in [5, 5.41) is 3.50. The first kappa shape index (κ1) is 15.9. The maximum absolute atomic E-state index is 3.50. The summed E-state index contributed by atoms with van der Waals surface area (Å²) in [6, 6.07) is 0.769. The molecule has 0 saturated carbocycles. The molecule has 0 fully saturated rings. The first-order valence-electron chi connectivity index (χ1n) is 7.10. The number of hydrogen-bond donors (Lipinski definition) is 1. The van der Waals surface area contributed by atoms with Gasteiger partial charge in [0.15, 0.2) is 0 Å². The molecule has 0 unspecified atom stereocenters. The van der Waals surface area contributed by atoms with Gasteiger partial charge in [0.25, 0.3) is 0 Å². The molecule has 0 aliphatic heterocycles. The minimum Gasteiger partial charge on any atom is -0.315 e. The van der Waals surface area contributed by atoms with Crippen LogP contribution in [0.2, 0.25) is 0 Å². The lowest BCUT2D eigenvalue weighted by molar-refractivity contribution is 0.166. The van der Waals surface area contributed by atoms with Gasteiger partial charge < -0.3 is 5.32 Å². The van der Waals surface area contributed by atoms with Crippen molar-refractivity contribution in [1.29, 1.82) is 0 Å². The number of hydrogen-bond acceptors (Lipinski definition) is 2. The van der Waals surface area contributed by atoms with E-state index in [0.29, 0.717) is 0 Å². The molecule has 2 heteroatoms. The SMILES string of the molecule is CCCNCCN(CC(C)C)C(CC)CC. The van der Waals surface area contributed by atoms with Gasteiger partial charge in [-0.25, -0.2) is 0 Å². The summed E-state index contributed by atoms with van der Waals surface area (Å²) in [7, 11) is 0. The Labute approximate surface area is 103 Å². The van der Waals surface area contributed by atoms with Gasteiger partial charge in [-0.1, -0.05) is 34.6 Å². The first-order chi connectivity index (χ1) is 7.65. The van der Waals surface area contributed by atoms with Crippen molar-refractivity contribution in [2.24, 2.45) is 5.92 Å². The van der Waals surface area contributed by atoms with Crippen molar-refractivity contribution >= 4 is 0 Å². The fraction of sp³-hybridized carbons (Fsp3) is 1.00. The Bertz CT molecular complexity index is 142. The summed E-state index contributed by atoms with van der Waals surface area (Å²) in [4.78, 5) is 2.66. The van der Waals surface area contributed by atoms with Gasteiger partial charge in [0.05, 0.1) is 0 Å². The molecule has 2 nitrogen and oxygen atoms in total. The predicted octanol–water partition coefficient (Wildman–Crippen LogP) is 3.13. The average molecular weight is 228 g/mol. The topological polar surface area (TPSA) is 15.3 Å². The lowest BCUT2D eigenvalue weighted by Crippen LogP contribution is -2.41. The lowest BCUT2D eigenvalue weighted by Gasteiger charge is -2.32. The van der Waals surface area contributed by atoms with E-state index >= 15 is 0 Å². The van der Waals surface area contributed by atoms with Crippen molar-refractivity contribution < 1.29 is 0 Å². The van der Waals surface area contributed by atoms with Crippen LogP contribution in [-0.2, 0) is 0 Å². The average Bonchev–Trinajstić information content (AvgIpc) is 2.25. The van der Waals surface area contributed by atoms with Crippen molar-refractivity contribution in [1.82, 2.24) is 10.2 Å². The van der Waals surface area contributed by atoms with Crippen molar-refractivity contribution in [3.8, 4) is 0 Å². The van der Waals surface area contributed by atoms with E-state index in [1.165, 1.54) is 32.4 Å². The molecule has 0 bridgehead atoms. The third-order valence-electron chi connectivity index (χ3n) is 3.06. The van der Waals surface area contributed by atoms with Crippen molar-refractivity contribution in [2.75, 3.05) is 26.2 Å². The molecular formula is C14H32N2. The highest BCUT2D eigenvalue weighted by atomic mass is 15.2. The van der Waals surface area contributed by atoms with Crippen LogP contribution in [-0.4, -0.2) is 37.1 Å². The monoisotopic (exact) mass is 228 g/mol. The maximum atomic E-state index is 3.50. The molecule has 0 saturated heterocycles. The van der Waals surface area contributed by atoms with Crippen LogP contribution in [0.1, 0.15) is 53.9 Å². The van der Waals surface area contributed by atoms with Gasteiger partial charge in [0.1, 0.15) is 0 Å². The van der Waals surface area contributed by atoms with Gasteiger partial charge in [0, 0.05) is 25.7 Å². The van der Waals surface area contributed by atoms with E-state index in [1.54, 1.807) is 0 Å². The molecule has 0 aromatic rings. The van der Waals surface area contributed by atoms with Gasteiger partial charge in [-0.3, -0.25) is 4.90 Å². The molecule has 0 rings (SSSR count). The summed E-state index contributed by atoms with van der Waals surface area (Å²) in [6.45, 7) is 16.2. The second-order valence-electron chi connectivity index (χ2n) is 5.11. The zero-order valence-electron chi connectivity index (χ0n) is 12.1. The van der Waals surface area contributed by atoms with Gasteiger partial charge in [0.2, 0.25) is 0 Å². The normalized spacial score (nSPS) is 12.0. The molecule has 0 amide bonds. The minimum atomic E-state index is 0.769. The van der Waals surface area contributed by atoms with Crippen LogP contribution in [0.4, 0.5) is 0 Å². The highest BCUT2D eigenvalue weighted by Crippen LogP contribution is 2.10. The molecule has 0 aromatic heterocycles. The maximum Gasteiger partial charge on any atom is 0.0110 e. The largest absolute Gasteiger partial charge is 0.315 e. The van der Waals surface area contributed by atoms with Crippen LogP contribution >= 0.6 is 0 Å². The van der Waals surface area contributed by atoms with E-state index in [-0.39, 0.29) is 0 Å². The molecule has 0 heterocycles. The fourth-order valence-corrected chi connectivity index (χ4v) is 2.22. The quantitative estimate of drug-likeness (QED) is 0.578. The van der Waals surface area contributed by atoms with Gasteiger partial charge in [-0.05, 0) is 31.7 Å². The molecule has 0 aliphatic carbocycles. The predicted molar refractivity (Wildman–Crippen MR) is 73.9 cm³/mol. The fourth-order valence-electron chi connectivity index (χ4n) is 2.22. The van der Waals surface area contributed by atoms with Crippen LogP contribution in [0, 0.1) is 5.92 Å². The third-order valence-corrected chi connectivity index (χ3v) is 3.06. The van der Waals surface area contributed by atoms with Gasteiger partial charge in [-0.2, -0.15) is 0 Å². The summed E-state index contributed by atoms with van der Waals surface area (Å²) in [6.07, 6.45) is 3.78. The van der Waals surface area contributed by atoms with E-state index in [4.69, 9.17) is 0 Å². The molecule has 98 valence electrons. The van der Waals surface area contributed by atoms with Crippen LogP contribution in [0.5, 0.6) is 0 Å². The Hall–Kier alpha value is -0.0800. The Morgan fingerprint density at radius 3 is 2.06 bits per heavy atom. The standard InChI is InChI=1S/C14H32N2/c1-6-9-15-10-11-16(12-13(4)5)14(7-2)8-3/h13-15H,6-12H2,1-5H3. The summed E-state index contributed by atoms with van der Waals surface area (Å²) in [5.41, 5.74) is 0. The molecule has 0 aromatic carbocycles. The summed E-state index contributed by atoms with van der Waals surface area (Å²) < 4.78 is 0.